The third-order valence-electron chi connectivity index (χ3n) is 6.08. The van der Waals surface area contributed by atoms with E-state index < -0.39 is 17.7 Å². The minimum absolute atomic E-state index is 0.0150. The number of carbonyl (C=O) groups is 1. The van der Waals surface area contributed by atoms with E-state index in [1.54, 1.807) is 31.2 Å². The van der Waals surface area contributed by atoms with Crippen LogP contribution in [-0.2, 0) is 14.3 Å². The van der Waals surface area contributed by atoms with Gasteiger partial charge in [0, 0.05) is 10.6 Å². The van der Waals surface area contributed by atoms with Crippen molar-refractivity contribution in [2.24, 2.45) is 5.73 Å². The summed E-state index contributed by atoms with van der Waals surface area (Å²) < 4.78 is 24.7. The molecule has 0 amide bonds. The van der Waals surface area contributed by atoms with Gasteiger partial charge in [0.05, 0.1) is 29.4 Å². The number of allylic oxidation sites excluding steroid dienone is 1. The van der Waals surface area contributed by atoms with Gasteiger partial charge in [-0.1, -0.05) is 47.6 Å². The molecule has 3 aromatic rings. The maximum Gasteiger partial charge on any atom is 0.338 e. The van der Waals surface area contributed by atoms with Gasteiger partial charge in [-0.3, -0.25) is 0 Å². The molecule has 2 heterocycles. The van der Waals surface area contributed by atoms with Gasteiger partial charge in [-0.15, -0.1) is 0 Å². The Morgan fingerprint density at radius 2 is 1.73 bits per heavy atom. The number of halogens is 2. The molecule has 0 fully saturated rings. The van der Waals surface area contributed by atoms with Gasteiger partial charge in [-0.05, 0) is 42.3 Å². The lowest BCUT2D eigenvalue weighted by atomic mass is 9.83. The first-order valence-electron chi connectivity index (χ1n) is 12.0. The SMILES string of the molecule is CCOC(=O)C1=C(CSc2nc(N)c(C#N)c(-c3ccc(F)cc3)c2C#N)OC(N)=C(C#N)C1c1ccc(Cl)cc1. The van der Waals surface area contributed by atoms with Crippen LogP contribution in [0.4, 0.5) is 10.2 Å². The van der Waals surface area contributed by atoms with Crippen LogP contribution in [0.2, 0.25) is 5.02 Å². The van der Waals surface area contributed by atoms with Crippen molar-refractivity contribution in [3.63, 3.8) is 0 Å². The Bertz CT molecular complexity index is 1720. The van der Waals surface area contributed by atoms with E-state index in [9.17, 15) is 25.0 Å². The number of anilines is 1. The van der Waals surface area contributed by atoms with E-state index in [-0.39, 0.29) is 62.7 Å². The number of nitrogens with two attached hydrogens (primary N) is 2. The van der Waals surface area contributed by atoms with Crippen LogP contribution >= 0.6 is 23.4 Å². The summed E-state index contributed by atoms with van der Waals surface area (Å²) in [5.41, 5.74) is 13.4. The summed E-state index contributed by atoms with van der Waals surface area (Å²) in [4.78, 5) is 17.5. The molecule has 41 heavy (non-hydrogen) atoms. The lowest BCUT2D eigenvalue weighted by Gasteiger charge is -2.28. The summed E-state index contributed by atoms with van der Waals surface area (Å²) in [5.74, 6) is -2.45. The predicted octanol–water partition coefficient (Wildman–Crippen LogP) is 5.28. The zero-order valence-electron chi connectivity index (χ0n) is 21.4. The van der Waals surface area contributed by atoms with Gasteiger partial charge in [-0.25, -0.2) is 14.2 Å². The van der Waals surface area contributed by atoms with Crippen molar-refractivity contribution in [1.82, 2.24) is 4.98 Å². The first-order chi connectivity index (χ1) is 19.7. The molecule has 0 saturated heterocycles. The molecule has 0 spiro atoms. The summed E-state index contributed by atoms with van der Waals surface area (Å²) >= 11 is 7.06. The van der Waals surface area contributed by atoms with Crippen LogP contribution in [0.25, 0.3) is 11.1 Å². The molecule has 1 atom stereocenters. The average molecular weight is 587 g/mol. The van der Waals surface area contributed by atoms with Gasteiger partial charge in [-0.2, -0.15) is 15.8 Å². The van der Waals surface area contributed by atoms with Crippen molar-refractivity contribution in [3.05, 3.63) is 98.8 Å². The van der Waals surface area contributed by atoms with Crippen LogP contribution in [0.3, 0.4) is 0 Å². The highest BCUT2D eigenvalue weighted by Gasteiger charge is 2.38. The molecule has 0 radical (unpaired) electrons. The molecule has 1 aromatic heterocycles. The number of hydrogen-bond donors (Lipinski definition) is 2. The second-order valence-electron chi connectivity index (χ2n) is 8.48. The van der Waals surface area contributed by atoms with Crippen LogP contribution in [-0.4, -0.2) is 23.3 Å². The number of nitrogen functional groups attached to an aromatic ring is 1. The Labute approximate surface area is 244 Å². The molecule has 4 N–H and O–H groups in total. The third kappa shape index (κ3) is 5.80. The number of thioether (sulfide) groups is 1. The Balaban J connectivity index is 1.84. The monoisotopic (exact) mass is 586 g/mol. The van der Waals surface area contributed by atoms with E-state index in [2.05, 4.69) is 11.1 Å². The van der Waals surface area contributed by atoms with Gasteiger partial charge < -0.3 is 20.9 Å². The van der Waals surface area contributed by atoms with Crippen molar-refractivity contribution >= 4 is 35.1 Å². The molecular weight excluding hydrogens is 567 g/mol. The Kier molecular flexibility index (Phi) is 8.79. The maximum atomic E-state index is 13.6. The molecule has 0 bridgehead atoms. The van der Waals surface area contributed by atoms with Gasteiger partial charge in [0.1, 0.15) is 51.8 Å². The van der Waals surface area contributed by atoms with Crippen LogP contribution in [0, 0.1) is 39.8 Å². The number of hydrogen-bond acceptors (Lipinski definition) is 10. The summed E-state index contributed by atoms with van der Waals surface area (Å²) in [6, 6.07) is 17.9. The van der Waals surface area contributed by atoms with E-state index in [1.807, 2.05) is 12.1 Å². The number of ether oxygens (including phenoxy) is 2. The summed E-state index contributed by atoms with van der Waals surface area (Å²) in [6.07, 6.45) is 0. The minimum Gasteiger partial charge on any atom is -0.463 e. The molecule has 9 nitrogen and oxygen atoms in total. The highest BCUT2D eigenvalue weighted by Crippen LogP contribution is 2.42. The Hall–Kier alpha value is -5.02. The Morgan fingerprint density at radius 1 is 1.07 bits per heavy atom. The second kappa shape index (κ2) is 12.4. The van der Waals surface area contributed by atoms with Crippen molar-refractivity contribution in [2.45, 2.75) is 17.9 Å². The number of aromatic nitrogens is 1. The largest absolute Gasteiger partial charge is 0.463 e. The zero-order chi connectivity index (χ0) is 29.7. The molecule has 4 rings (SSSR count). The Morgan fingerprint density at radius 3 is 2.32 bits per heavy atom. The van der Waals surface area contributed by atoms with E-state index in [0.29, 0.717) is 16.1 Å². The molecular formula is C29H20ClFN6O3S. The van der Waals surface area contributed by atoms with Crippen molar-refractivity contribution in [3.8, 4) is 29.3 Å². The predicted molar refractivity (Wildman–Crippen MR) is 150 cm³/mol. The molecule has 0 saturated carbocycles. The number of pyridine rings is 1. The molecule has 1 aliphatic rings. The topological polar surface area (TPSA) is 172 Å². The van der Waals surface area contributed by atoms with E-state index in [0.717, 1.165) is 11.8 Å². The van der Waals surface area contributed by atoms with Crippen molar-refractivity contribution in [2.75, 3.05) is 18.1 Å². The highest BCUT2D eigenvalue weighted by atomic mass is 35.5. The van der Waals surface area contributed by atoms with Gasteiger partial charge in [0.15, 0.2) is 0 Å². The summed E-state index contributed by atoms with van der Waals surface area (Å²) in [7, 11) is 0. The van der Waals surface area contributed by atoms with Crippen molar-refractivity contribution < 1.29 is 18.7 Å². The van der Waals surface area contributed by atoms with E-state index in [4.69, 9.17) is 32.5 Å². The zero-order valence-corrected chi connectivity index (χ0v) is 23.0. The fourth-order valence-electron chi connectivity index (χ4n) is 4.29. The van der Waals surface area contributed by atoms with Crippen LogP contribution in [0.5, 0.6) is 0 Å². The molecule has 1 aliphatic heterocycles. The van der Waals surface area contributed by atoms with Crippen molar-refractivity contribution in [1.29, 1.82) is 15.8 Å². The van der Waals surface area contributed by atoms with Gasteiger partial charge in [0.25, 0.3) is 0 Å². The van der Waals surface area contributed by atoms with Gasteiger partial charge >= 0.3 is 5.97 Å². The fourth-order valence-corrected chi connectivity index (χ4v) is 5.35. The number of esters is 1. The molecule has 1 unspecified atom stereocenters. The standard InChI is InChI=1S/C29H20ClFN6O3S/c1-2-39-29(38)25-22(40-27(36)20(12-33)24(25)16-3-7-17(30)8-4-16)14-41-28-21(13-34)23(19(11-32)26(35)37-28)15-5-9-18(31)10-6-15/h3-10,24H,2,14,36H2,1H3,(H2,35,37). The number of benzene rings is 2. The quantitative estimate of drug-likeness (QED) is 0.274. The second-order valence-corrected chi connectivity index (χ2v) is 9.88. The minimum atomic E-state index is -0.912. The van der Waals surface area contributed by atoms with Crippen LogP contribution < -0.4 is 11.5 Å². The molecule has 0 aliphatic carbocycles. The molecule has 12 heteroatoms. The molecule has 2 aromatic carbocycles. The summed E-state index contributed by atoms with van der Waals surface area (Å²) in [5, 5.41) is 30.3. The molecule has 204 valence electrons. The number of nitrogens with zero attached hydrogens (tertiary/aromatic N) is 4. The third-order valence-corrected chi connectivity index (χ3v) is 7.31. The smallest absolute Gasteiger partial charge is 0.338 e. The normalized spacial score (nSPS) is 14.5. The van der Waals surface area contributed by atoms with E-state index in [1.165, 1.54) is 24.3 Å². The number of nitriles is 3. The lowest BCUT2D eigenvalue weighted by molar-refractivity contribution is -0.139. The number of rotatable bonds is 7. The average Bonchev–Trinajstić information content (AvgIpc) is 2.96. The lowest BCUT2D eigenvalue weighted by Crippen LogP contribution is -2.27. The first kappa shape index (κ1) is 29.0. The van der Waals surface area contributed by atoms with Gasteiger partial charge in [0.2, 0.25) is 5.88 Å². The number of carbonyl (C=O) groups excluding carboxylic acids is 1. The fraction of sp³-hybridized carbons (Fsp3) is 0.138. The summed E-state index contributed by atoms with van der Waals surface area (Å²) in [6.45, 7) is 1.70. The maximum absolute atomic E-state index is 13.6. The van der Waals surface area contributed by atoms with E-state index >= 15 is 0 Å². The first-order valence-corrected chi connectivity index (χ1v) is 13.4. The van der Waals surface area contributed by atoms with Crippen LogP contribution in [0.1, 0.15) is 29.5 Å². The highest BCUT2D eigenvalue weighted by molar-refractivity contribution is 7.99. The van der Waals surface area contributed by atoms with Crippen LogP contribution in [0.15, 0.2) is 76.3 Å².